The van der Waals surface area contributed by atoms with Gasteiger partial charge in [0.2, 0.25) is 5.91 Å². The SMILES string of the molecule is CCNC(=O)c1ccc(CC(C(=O)Nc2ccc(I)cc2)c2ccc(C(C)(C)C)cc2)s1. The van der Waals surface area contributed by atoms with E-state index in [4.69, 9.17) is 0 Å². The molecule has 0 saturated carbocycles. The van der Waals surface area contributed by atoms with Crippen molar-refractivity contribution in [3.63, 3.8) is 0 Å². The summed E-state index contributed by atoms with van der Waals surface area (Å²) in [7, 11) is 0. The van der Waals surface area contributed by atoms with Crippen molar-refractivity contribution >= 4 is 51.4 Å². The van der Waals surface area contributed by atoms with E-state index in [0.29, 0.717) is 17.8 Å². The highest BCUT2D eigenvalue weighted by molar-refractivity contribution is 14.1. The number of benzene rings is 2. The number of amides is 2. The second kappa shape index (κ2) is 10.6. The van der Waals surface area contributed by atoms with Crippen LogP contribution in [-0.4, -0.2) is 18.4 Å². The van der Waals surface area contributed by atoms with Crippen LogP contribution in [0.15, 0.2) is 60.7 Å². The third-order valence-corrected chi connectivity index (χ3v) is 7.06. The van der Waals surface area contributed by atoms with Crippen LogP contribution in [0.3, 0.4) is 0 Å². The normalized spacial score (nSPS) is 12.3. The highest BCUT2D eigenvalue weighted by atomic mass is 127. The number of hydrogen-bond acceptors (Lipinski definition) is 3. The van der Waals surface area contributed by atoms with Crippen LogP contribution in [0.25, 0.3) is 0 Å². The zero-order valence-corrected chi connectivity index (χ0v) is 21.8. The average Bonchev–Trinajstić information content (AvgIpc) is 3.22. The van der Waals surface area contributed by atoms with Gasteiger partial charge in [0.15, 0.2) is 0 Å². The van der Waals surface area contributed by atoms with Crippen LogP contribution < -0.4 is 10.6 Å². The molecule has 0 spiro atoms. The van der Waals surface area contributed by atoms with Gasteiger partial charge in [-0.1, -0.05) is 45.0 Å². The molecule has 1 aromatic heterocycles. The Morgan fingerprint density at radius 3 is 2.22 bits per heavy atom. The molecule has 1 atom stereocenters. The van der Waals surface area contributed by atoms with Crippen molar-refractivity contribution in [2.75, 3.05) is 11.9 Å². The molecular weight excluding hydrogens is 531 g/mol. The van der Waals surface area contributed by atoms with E-state index < -0.39 is 0 Å². The molecule has 168 valence electrons. The molecule has 0 aliphatic rings. The Labute approximate surface area is 208 Å². The molecule has 1 unspecified atom stereocenters. The van der Waals surface area contributed by atoms with Crippen LogP contribution in [-0.2, 0) is 16.6 Å². The molecule has 2 aromatic carbocycles. The minimum atomic E-state index is -0.357. The van der Waals surface area contributed by atoms with Crippen LogP contribution >= 0.6 is 33.9 Å². The number of carbonyl (C=O) groups is 2. The van der Waals surface area contributed by atoms with Crippen molar-refractivity contribution in [1.29, 1.82) is 0 Å². The quantitative estimate of drug-likeness (QED) is 0.330. The van der Waals surface area contributed by atoms with E-state index in [1.165, 1.54) is 16.9 Å². The molecule has 3 aromatic rings. The van der Waals surface area contributed by atoms with Gasteiger partial charge in [-0.2, -0.15) is 0 Å². The third kappa shape index (κ3) is 6.42. The number of halogens is 1. The van der Waals surface area contributed by atoms with Crippen molar-refractivity contribution in [1.82, 2.24) is 5.32 Å². The number of thiophene rings is 1. The average molecular weight is 561 g/mol. The van der Waals surface area contributed by atoms with Crippen LogP contribution in [0.1, 0.15) is 59.3 Å². The maximum absolute atomic E-state index is 13.3. The zero-order chi connectivity index (χ0) is 23.3. The summed E-state index contributed by atoms with van der Waals surface area (Å²) < 4.78 is 1.12. The predicted molar refractivity (Wildman–Crippen MR) is 142 cm³/mol. The van der Waals surface area contributed by atoms with Gasteiger partial charge < -0.3 is 10.6 Å². The summed E-state index contributed by atoms with van der Waals surface area (Å²) in [5.74, 6) is -0.482. The standard InChI is InChI=1S/C26H29IN2O2S/c1-5-28-25(31)23-15-14-21(32-23)16-22(17-6-8-18(9-7-17)26(2,3)4)24(30)29-20-12-10-19(27)11-13-20/h6-15,22H,5,16H2,1-4H3,(H,28,31)(H,29,30). The first-order valence-corrected chi connectivity index (χ1v) is 12.6. The molecule has 0 aliphatic carbocycles. The summed E-state index contributed by atoms with van der Waals surface area (Å²) in [6, 6.07) is 19.9. The maximum atomic E-state index is 13.3. The maximum Gasteiger partial charge on any atom is 0.261 e. The molecule has 4 nitrogen and oxygen atoms in total. The Morgan fingerprint density at radius 1 is 0.969 bits per heavy atom. The molecule has 1 heterocycles. The Morgan fingerprint density at radius 2 is 1.62 bits per heavy atom. The smallest absolute Gasteiger partial charge is 0.261 e. The van der Waals surface area contributed by atoms with Gasteiger partial charge in [0.25, 0.3) is 5.91 Å². The van der Waals surface area contributed by atoms with Crippen molar-refractivity contribution in [2.24, 2.45) is 0 Å². The van der Waals surface area contributed by atoms with E-state index >= 15 is 0 Å². The van der Waals surface area contributed by atoms with Crippen molar-refractivity contribution in [2.45, 2.75) is 45.4 Å². The van der Waals surface area contributed by atoms with Gasteiger partial charge in [0.1, 0.15) is 0 Å². The number of anilines is 1. The molecule has 0 aliphatic heterocycles. The molecule has 0 saturated heterocycles. The Bertz CT molecular complexity index is 1070. The predicted octanol–water partition coefficient (Wildman–Crippen LogP) is 6.36. The first kappa shape index (κ1) is 24.5. The van der Waals surface area contributed by atoms with Gasteiger partial charge in [-0.15, -0.1) is 11.3 Å². The van der Waals surface area contributed by atoms with Crippen molar-refractivity contribution < 1.29 is 9.59 Å². The summed E-state index contributed by atoms with van der Waals surface area (Å²) >= 11 is 3.69. The molecule has 2 amide bonds. The molecule has 32 heavy (non-hydrogen) atoms. The van der Waals surface area contributed by atoms with Crippen LogP contribution in [0, 0.1) is 3.57 Å². The zero-order valence-electron chi connectivity index (χ0n) is 18.9. The number of rotatable bonds is 7. The van der Waals surface area contributed by atoms with Crippen LogP contribution in [0.2, 0.25) is 0 Å². The first-order valence-electron chi connectivity index (χ1n) is 10.7. The lowest BCUT2D eigenvalue weighted by Gasteiger charge is -2.21. The van der Waals surface area contributed by atoms with E-state index in [9.17, 15) is 9.59 Å². The lowest BCUT2D eigenvalue weighted by atomic mass is 9.85. The second-order valence-corrected chi connectivity index (χ2v) is 11.2. The van der Waals surface area contributed by atoms with E-state index in [0.717, 1.165) is 19.7 Å². The Hall–Kier alpha value is -2.19. The van der Waals surface area contributed by atoms with Gasteiger partial charge in [-0.3, -0.25) is 9.59 Å². The fourth-order valence-electron chi connectivity index (χ4n) is 3.40. The molecular formula is C26H29IN2O2S. The minimum Gasteiger partial charge on any atom is -0.352 e. The van der Waals surface area contributed by atoms with E-state index in [1.54, 1.807) is 0 Å². The second-order valence-electron chi connectivity index (χ2n) is 8.75. The van der Waals surface area contributed by atoms with E-state index in [1.807, 2.05) is 43.3 Å². The van der Waals surface area contributed by atoms with Gasteiger partial charge in [-0.25, -0.2) is 0 Å². The fourth-order valence-corrected chi connectivity index (χ4v) is 4.73. The molecule has 0 bridgehead atoms. The molecule has 3 rings (SSSR count). The van der Waals surface area contributed by atoms with Gasteiger partial charge in [-0.05, 0) is 88.9 Å². The Balaban J connectivity index is 1.87. The fraction of sp³-hybridized carbons (Fsp3) is 0.308. The summed E-state index contributed by atoms with van der Waals surface area (Å²) in [5.41, 5.74) is 3.02. The molecule has 0 fully saturated rings. The summed E-state index contributed by atoms with van der Waals surface area (Å²) in [6.07, 6.45) is 0.537. The minimum absolute atomic E-state index is 0.0484. The molecule has 0 radical (unpaired) electrons. The van der Waals surface area contributed by atoms with Crippen molar-refractivity contribution in [3.05, 3.63) is 85.1 Å². The Kier molecular flexibility index (Phi) is 8.11. The first-order chi connectivity index (χ1) is 15.2. The highest BCUT2D eigenvalue weighted by Gasteiger charge is 2.24. The largest absolute Gasteiger partial charge is 0.352 e. The van der Waals surface area contributed by atoms with Gasteiger partial charge in [0, 0.05) is 20.7 Å². The summed E-state index contributed by atoms with van der Waals surface area (Å²) in [4.78, 5) is 27.2. The monoisotopic (exact) mass is 560 g/mol. The van der Waals surface area contributed by atoms with Crippen molar-refractivity contribution in [3.8, 4) is 0 Å². The molecule has 6 heteroatoms. The number of hydrogen-bond donors (Lipinski definition) is 2. The van der Waals surface area contributed by atoms with Crippen LogP contribution in [0.5, 0.6) is 0 Å². The summed E-state index contributed by atoms with van der Waals surface area (Å²) in [6.45, 7) is 9.03. The van der Waals surface area contributed by atoms with Gasteiger partial charge >= 0.3 is 0 Å². The lowest BCUT2D eigenvalue weighted by molar-refractivity contribution is -0.117. The topological polar surface area (TPSA) is 58.2 Å². The van der Waals surface area contributed by atoms with E-state index in [-0.39, 0.29) is 23.1 Å². The third-order valence-electron chi connectivity index (χ3n) is 5.24. The summed E-state index contributed by atoms with van der Waals surface area (Å²) in [5, 5.41) is 5.90. The lowest BCUT2D eigenvalue weighted by Crippen LogP contribution is -2.23. The highest BCUT2D eigenvalue weighted by Crippen LogP contribution is 2.29. The molecule has 2 N–H and O–H groups in total. The van der Waals surface area contributed by atoms with Crippen LogP contribution in [0.4, 0.5) is 5.69 Å². The van der Waals surface area contributed by atoms with Gasteiger partial charge in [0.05, 0.1) is 10.8 Å². The number of nitrogens with one attached hydrogen (secondary N) is 2. The van der Waals surface area contributed by atoms with E-state index in [2.05, 4.69) is 78.3 Å². The number of carbonyl (C=O) groups excluding carboxylic acids is 2.